The molecule has 0 amide bonds. The molecule has 0 spiro atoms. The Bertz CT molecular complexity index is 551. The van der Waals surface area contributed by atoms with Gasteiger partial charge >= 0.3 is 5.97 Å². The van der Waals surface area contributed by atoms with E-state index in [1.165, 1.54) is 11.4 Å². The van der Waals surface area contributed by atoms with Gasteiger partial charge in [-0.3, -0.25) is 0 Å². The molecule has 0 aliphatic rings. The van der Waals surface area contributed by atoms with Crippen molar-refractivity contribution in [1.82, 2.24) is 4.31 Å². The van der Waals surface area contributed by atoms with Crippen molar-refractivity contribution in [3.63, 3.8) is 0 Å². The normalized spacial score (nSPS) is 12.0. The average molecular weight is 354 g/mol. The van der Waals surface area contributed by atoms with Gasteiger partial charge in [0.15, 0.2) is 4.67 Å². The third kappa shape index (κ3) is 3.80. The highest BCUT2D eigenvalue weighted by Crippen LogP contribution is 2.28. The van der Waals surface area contributed by atoms with Crippen molar-refractivity contribution in [1.29, 1.82) is 0 Å². The number of carboxylic acids is 1. The molecule has 6 nitrogen and oxygen atoms in total. The summed E-state index contributed by atoms with van der Waals surface area (Å²) in [5.41, 5.74) is 0. The molecule has 0 saturated heterocycles. The highest BCUT2D eigenvalue weighted by molar-refractivity contribution is 9.10. The van der Waals surface area contributed by atoms with Crippen molar-refractivity contribution in [2.45, 2.75) is 31.1 Å². The van der Waals surface area contributed by atoms with Gasteiger partial charge in [-0.2, -0.15) is 0 Å². The summed E-state index contributed by atoms with van der Waals surface area (Å²) >= 11 is 2.94. The molecule has 1 aromatic rings. The molecule has 0 bridgehead atoms. The lowest BCUT2D eigenvalue weighted by Crippen LogP contribution is -2.27. The lowest BCUT2D eigenvalue weighted by atomic mass is 10.2. The predicted molar refractivity (Wildman–Crippen MR) is 72.7 cm³/mol. The van der Waals surface area contributed by atoms with Gasteiger partial charge < -0.3 is 9.52 Å². The Hall–Kier alpha value is -0.860. The number of nitrogens with zero attached hydrogens (tertiary/aromatic N) is 1. The molecule has 1 heterocycles. The molecule has 1 aromatic heterocycles. The minimum absolute atomic E-state index is 0.0905. The Balaban J connectivity index is 2.96. The van der Waals surface area contributed by atoms with Crippen LogP contribution in [0.25, 0.3) is 0 Å². The van der Waals surface area contributed by atoms with Crippen molar-refractivity contribution in [2.24, 2.45) is 0 Å². The number of hydrogen-bond donors (Lipinski definition) is 1. The van der Waals surface area contributed by atoms with Gasteiger partial charge in [0.1, 0.15) is 4.90 Å². The maximum absolute atomic E-state index is 12.2. The Labute approximate surface area is 120 Å². The maximum Gasteiger partial charge on any atom is 0.371 e. The topological polar surface area (TPSA) is 87.8 Å². The first kappa shape index (κ1) is 16.2. The van der Waals surface area contributed by atoms with Crippen LogP contribution in [0.4, 0.5) is 0 Å². The standard InChI is InChI=1S/C11H16BrNO5S/c1-3-4-5-6-13(2)19(16,17)9-7-8(11(14)15)18-10(9)12/h7H,3-6H2,1-2H3,(H,14,15). The first-order chi connectivity index (χ1) is 8.80. The molecule has 1 N–H and O–H groups in total. The van der Waals surface area contributed by atoms with Crippen molar-refractivity contribution < 1.29 is 22.7 Å². The molecule has 0 radical (unpaired) electrons. The number of furan rings is 1. The monoisotopic (exact) mass is 353 g/mol. The highest BCUT2D eigenvalue weighted by atomic mass is 79.9. The molecule has 0 saturated carbocycles. The summed E-state index contributed by atoms with van der Waals surface area (Å²) in [6.07, 6.45) is 2.69. The summed E-state index contributed by atoms with van der Waals surface area (Å²) in [6.45, 7) is 2.41. The molecular weight excluding hydrogens is 338 g/mol. The SMILES string of the molecule is CCCCCN(C)S(=O)(=O)c1cc(C(=O)O)oc1Br. The number of halogens is 1. The minimum Gasteiger partial charge on any atom is -0.475 e. The van der Waals surface area contributed by atoms with Crippen LogP contribution in [-0.2, 0) is 10.0 Å². The summed E-state index contributed by atoms with van der Waals surface area (Å²) in [5, 5.41) is 8.78. The lowest BCUT2D eigenvalue weighted by molar-refractivity contribution is 0.0661. The van der Waals surface area contributed by atoms with Crippen molar-refractivity contribution in [3.05, 3.63) is 16.5 Å². The third-order valence-electron chi connectivity index (χ3n) is 2.63. The van der Waals surface area contributed by atoms with Crippen LogP contribution in [-0.4, -0.2) is 37.4 Å². The zero-order chi connectivity index (χ0) is 14.6. The van der Waals surface area contributed by atoms with Gasteiger partial charge in [-0.25, -0.2) is 17.5 Å². The van der Waals surface area contributed by atoms with E-state index in [1.807, 2.05) is 6.92 Å². The zero-order valence-corrected chi connectivity index (χ0v) is 13.1. The van der Waals surface area contributed by atoms with Gasteiger partial charge in [0.25, 0.3) is 0 Å². The van der Waals surface area contributed by atoms with E-state index in [0.29, 0.717) is 6.54 Å². The summed E-state index contributed by atoms with van der Waals surface area (Å²) < 4.78 is 30.4. The summed E-state index contributed by atoms with van der Waals surface area (Å²) in [4.78, 5) is 10.6. The minimum atomic E-state index is -3.73. The number of unbranched alkanes of at least 4 members (excludes halogenated alkanes) is 2. The van der Waals surface area contributed by atoms with E-state index in [4.69, 9.17) is 9.52 Å². The van der Waals surface area contributed by atoms with Crippen LogP contribution in [0.3, 0.4) is 0 Å². The quantitative estimate of drug-likeness (QED) is 0.761. The second-order valence-corrected chi connectivity index (χ2v) is 6.82. The summed E-state index contributed by atoms with van der Waals surface area (Å²) in [7, 11) is -2.27. The number of carbonyl (C=O) groups is 1. The fraction of sp³-hybridized carbons (Fsp3) is 0.545. The average Bonchev–Trinajstić information content (AvgIpc) is 2.72. The highest BCUT2D eigenvalue weighted by Gasteiger charge is 2.28. The fourth-order valence-electron chi connectivity index (χ4n) is 1.51. The number of aromatic carboxylic acids is 1. The van der Waals surface area contributed by atoms with Crippen molar-refractivity contribution >= 4 is 31.9 Å². The molecule has 19 heavy (non-hydrogen) atoms. The van der Waals surface area contributed by atoms with Crippen LogP contribution in [0.1, 0.15) is 36.7 Å². The number of sulfonamides is 1. The summed E-state index contributed by atoms with van der Waals surface area (Å²) in [6, 6.07) is 1.01. The van der Waals surface area contributed by atoms with Crippen LogP contribution in [0.2, 0.25) is 0 Å². The van der Waals surface area contributed by atoms with E-state index in [-0.39, 0.29) is 9.56 Å². The molecule has 0 fully saturated rings. The van der Waals surface area contributed by atoms with Crippen molar-refractivity contribution in [2.75, 3.05) is 13.6 Å². The molecule has 0 aliphatic carbocycles. The second-order valence-electron chi connectivity index (χ2n) is 4.09. The van der Waals surface area contributed by atoms with Gasteiger partial charge in [-0.15, -0.1) is 0 Å². The maximum atomic E-state index is 12.2. The van der Waals surface area contributed by atoms with E-state index in [1.54, 1.807) is 0 Å². The molecule has 0 aromatic carbocycles. The van der Waals surface area contributed by atoms with Crippen molar-refractivity contribution in [3.8, 4) is 0 Å². The largest absolute Gasteiger partial charge is 0.475 e. The number of hydrogen-bond acceptors (Lipinski definition) is 4. The molecule has 0 unspecified atom stereocenters. The smallest absolute Gasteiger partial charge is 0.371 e. The first-order valence-corrected chi connectivity index (χ1v) is 8.03. The number of carboxylic acid groups (broad SMARTS) is 1. The van der Waals surface area contributed by atoms with Gasteiger partial charge in [0.05, 0.1) is 0 Å². The van der Waals surface area contributed by atoms with Crippen LogP contribution in [0, 0.1) is 0 Å². The summed E-state index contributed by atoms with van der Waals surface area (Å²) in [5.74, 6) is -1.72. The number of rotatable bonds is 7. The molecule has 108 valence electrons. The van der Waals surface area contributed by atoms with E-state index in [0.717, 1.165) is 25.3 Å². The van der Waals surface area contributed by atoms with Crippen LogP contribution in [0.5, 0.6) is 0 Å². The van der Waals surface area contributed by atoms with Crippen LogP contribution < -0.4 is 0 Å². The predicted octanol–water partition coefficient (Wildman–Crippen LogP) is 2.55. The van der Waals surface area contributed by atoms with Crippen LogP contribution in [0.15, 0.2) is 20.0 Å². The van der Waals surface area contributed by atoms with Gasteiger partial charge in [0.2, 0.25) is 15.8 Å². The van der Waals surface area contributed by atoms with E-state index < -0.39 is 21.8 Å². The van der Waals surface area contributed by atoms with Gasteiger partial charge in [-0.1, -0.05) is 19.8 Å². The Kier molecular flexibility index (Phi) is 5.57. The molecular formula is C11H16BrNO5S. The Morgan fingerprint density at radius 3 is 2.58 bits per heavy atom. The molecule has 8 heteroatoms. The second kappa shape index (κ2) is 6.53. The first-order valence-electron chi connectivity index (χ1n) is 5.79. The zero-order valence-electron chi connectivity index (χ0n) is 10.7. The van der Waals surface area contributed by atoms with E-state index in [2.05, 4.69) is 15.9 Å². The molecule has 0 atom stereocenters. The molecule has 1 rings (SSSR count). The van der Waals surface area contributed by atoms with E-state index >= 15 is 0 Å². The third-order valence-corrected chi connectivity index (χ3v) is 5.34. The Morgan fingerprint density at radius 1 is 1.47 bits per heavy atom. The van der Waals surface area contributed by atoms with E-state index in [9.17, 15) is 13.2 Å². The Morgan fingerprint density at radius 2 is 2.11 bits per heavy atom. The van der Waals surface area contributed by atoms with Gasteiger partial charge in [-0.05, 0) is 22.4 Å². The molecule has 0 aliphatic heterocycles. The van der Waals surface area contributed by atoms with Gasteiger partial charge in [0, 0.05) is 19.7 Å². The lowest BCUT2D eigenvalue weighted by Gasteiger charge is -2.15. The van der Waals surface area contributed by atoms with Crippen LogP contribution >= 0.6 is 15.9 Å². The fourth-order valence-corrected chi connectivity index (χ4v) is 3.61.